The minimum Gasteiger partial charge on any atom is -0.459 e. The highest BCUT2D eigenvalue weighted by Crippen LogP contribution is 2.37. The Morgan fingerprint density at radius 3 is 2.05 bits per heavy atom. The van der Waals surface area contributed by atoms with E-state index >= 15 is 0 Å². The maximum atomic E-state index is 12.0. The van der Waals surface area contributed by atoms with Crippen molar-refractivity contribution in [1.29, 1.82) is 0 Å². The van der Waals surface area contributed by atoms with Crippen LogP contribution in [0.3, 0.4) is 0 Å². The molecule has 0 amide bonds. The molecule has 0 atom stereocenters. The number of carbonyl (C=O) groups excluding carboxylic acids is 1. The van der Waals surface area contributed by atoms with Gasteiger partial charge in [0.05, 0.1) is 0 Å². The zero-order valence-corrected chi connectivity index (χ0v) is 13.7. The van der Waals surface area contributed by atoms with Crippen LogP contribution in [0, 0.1) is 17.3 Å². The van der Waals surface area contributed by atoms with E-state index in [1.54, 1.807) is 0 Å². The molecule has 0 radical (unpaired) electrons. The molecule has 0 unspecified atom stereocenters. The molecule has 0 N–H and O–H groups in total. The zero-order chi connectivity index (χ0) is 14.7. The smallest absolute Gasteiger partial charge is 0.306 e. The van der Waals surface area contributed by atoms with E-state index in [4.69, 9.17) is 4.74 Å². The summed E-state index contributed by atoms with van der Waals surface area (Å²) in [6.07, 6.45) is 6.36. The fourth-order valence-electron chi connectivity index (χ4n) is 2.86. The molecule has 1 saturated carbocycles. The number of rotatable bonds is 4. The van der Waals surface area contributed by atoms with E-state index in [1.165, 1.54) is 25.7 Å². The molecule has 2 nitrogen and oxygen atoms in total. The second kappa shape index (κ2) is 6.28. The molecule has 0 spiro atoms. The molecule has 0 aliphatic heterocycles. The minimum absolute atomic E-state index is 0.0291. The lowest BCUT2D eigenvalue weighted by Gasteiger charge is -2.38. The number of carbonyl (C=O) groups is 1. The molecular weight excluding hydrogens is 236 g/mol. The number of ether oxygens (including phenoxy) is 1. The van der Waals surface area contributed by atoms with Gasteiger partial charge in [0.2, 0.25) is 0 Å². The van der Waals surface area contributed by atoms with Crippen molar-refractivity contribution in [1.82, 2.24) is 0 Å². The highest BCUT2D eigenvalue weighted by Gasteiger charge is 2.35. The van der Waals surface area contributed by atoms with E-state index in [9.17, 15) is 4.79 Å². The zero-order valence-electron chi connectivity index (χ0n) is 13.7. The fourth-order valence-corrected chi connectivity index (χ4v) is 2.86. The number of esters is 1. The van der Waals surface area contributed by atoms with Crippen LogP contribution in [-0.4, -0.2) is 11.6 Å². The van der Waals surface area contributed by atoms with Crippen molar-refractivity contribution in [2.45, 2.75) is 85.7 Å². The second-order valence-corrected chi connectivity index (χ2v) is 8.09. The topological polar surface area (TPSA) is 26.3 Å². The van der Waals surface area contributed by atoms with Gasteiger partial charge >= 0.3 is 5.97 Å². The van der Waals surface area contributed by atoms with Crippen LogP contribution in [0.2, 0.25) is 0 Å². The Hall–Kier alpha value is -0.530. The van der Waals surface area contributed by atoms with Crippen LogP contribution < -0.4 is 0 Å². The van der Waals surface area contributed by atoms with Crippen molar-refractivity contribution in [3.05, 3.63) is 0 Å². The van der Waals surface area contributed by atoms with E-state index in [-0.39, 0.29) is 17.0 Å². The summed E-state index contributed by atoms with van der Waals surface area (Å²) in [6.45, 7) is 13.0. The molecule has 0 aromatic rings. The average molecular weight is 268 g/mol. The fraction of sp³-hybridized carbons (Fsp3) is 0.941. The first-order valence-electron chi connectivity index (χ1n) is 7.82. The van der Waals surface area contributed by atoms with Crippen LogP contribution in [0.4, 0.5) is 0 Å². The van der Waals surface area contributed by atoms with Crippen molar-refractivity contribution in [3.63, 3.8) is 0 Å². The van der Waals surface area contributed by atoms with Gasteiger partial charge in [-0.2, -0.15) is 0 Å². The molecule has 1 aliphatic carbocycles. The van der Waals surface area contributed by atoms with Gasteiger partial charge in [0.25, 0.3) is 0 Å². The van der Waals surface area contributed by atoms with E-state index < -0.39 is 0 Å². The standard InChI is InChI=1S/C17H32O2/c1-13-7-9-14(10-8-13)17(5,6)19-15(18)11-12-16(2,3)4/h13-14H,7-12H2,1-6H3. The Kier molecular flexibility index (Phi) is 5.46. The highest BCUT2D eigenvalue weighted by molar-refractivity contribution is 5.69. The molecule has 0 heterocycles. The molecule has 0 aromatic carbocycles. The first-order chi connectivity index (χ1) is 8.60. The molecular formula is C17H32O2. The Labute approximate surface area is 119 Å². The van der Waals surface area contributed by atoms with Gasteiger partial charge in [0, 0.05) is 6.42 Å². The quantitative estimate of drug-likeness (QED) is 0.673. The van der Waals surface area contributed by atoms with E-state index in [0.29, 0.717) is 12.3 Å². The Bertz CT molecular complexity index is 291. The van der Waals surface area contributed by atoms with Crippen molar-refractivity contribution in [2.75, 3.05) is 0 Å². The third-order valence-corrected chi connectivity index (χ3v) is 4.46. The van der Waals surface area contributed by atoms with Gasteiger partial charge in [-0.25, -0.2) is 0 Å². The SMILES string of the molecule is CC1CCC(C(C)(C)OC(=O)CCC(C)(C)C)CC1. The third kappa shape index (κ3) is 5.97. The van der Waals surface area contributed by atoms with E-state index in [2.05, 4.69) is 41.5 Å². The van der Waals surface area contributed by atoms with Gasteiger partial charge in [0.15, 0.2) is 0 Å². The summed E-state index contributed by atoms with van der Waals surface area (Å²) in [6, 6.07) is 0. The lowest BCUT2D eigenvalue weighted by Crippen LogP contribution is -2.38. The lowest BCUT2D eigenvalue weighted by atomic mass is 9.75. The van der Waals surface area contributed by atoms with Crippen molar-refractivity contribution in [3.8, 4) is 0 Å². The van der Waals surface area contributed by atoms with Crippen LogP contribution in [0.1, 0.15) is 80.1 Å². The minimum atomic E-state index is -0.297. The number of hydrogen-bond acceptors (Lipinski definition) is 2. The van der Waals surface area contributed by atoms with Crippen molar-refractivity contribution in [2.24, 2.45) is 17.3 Å². The van der Waals surface area contributed by atoms with Crippen LogP contribution in [0.15, 0.2) is 0 Å². The molecule has 19 heavy (non-hydrogen) atoms. The van der Waals surface area contributed by atoms with Gasteiger partial charge in [-0.3, -0.25) is 4.79 Å². The molecule has 1 rings (SSSR count). The van der Waals surface area contributed by atoms with Crippen LogP contribution >= 0.6 is 0 Å². The summed E-state index contributed by atoms with van der Waals surface area (Å²) in [4.78, 5) is 12.0. The summed E-state index contributed by atoms with van der Waals surface area (Å²) in [5.74, 6) is 1.34. The van der Waals surface area contributed by atoms with Crippen LogP contribution in [0.25, 0.3) is 0 Å². The Morgan fingerprint density at radius 2 is 1.58 bits per heavy atom. The summed E-state index contributed by atoms with van der Waals surface area (Å²) in [5.41, 5.74) is -0.0987. The average Bonchev–Trinajstić information content (AvgIpc) is 2.25. The maximum Gasteiger partial charge on any atom is 0.306 e. The normalized spacial score (nSPS) is 25.2. The Balaban J connectivity index is 2.43. The molecule has 1 fully saturated rings. The predicted octanol–water partition coefficient (Wildman–Crippen LogP) is 4.96. The predicted molar refractivity (Wildman–Crippen MR) is 80.0 cm³/mol. The molecule has 2 heteroatoms. The lowest BCUT2D eigenvalue weighted by molar-refractivity contribution is -0.164. The molecule has 112 valence electrons. The van der Waals surface area contributed by atoms with Gasteiger partial charge in [-0.15, -0.1) is 0 Å². The largest absolute Gasteiger partial charge is 0.459 e. The van der Waals surface area contributed by atoms with Gasteiger partial charge in [-0.1, -0.05) is 40.5 Å². The number of hydrogen-bond donors (Lipinski definition) is 0. The summed E-state index contributed by atoms with van der Waals surface area (Å²) >= 11 is 0. The second-order valence-electron chi connectivity index (χ2n) is 8.09. The molecule has 0 aromatic heterocycles. The van der Waals surface area contributed by atoms with Gasteiger partial charge in [0.1, 0.15) is 5.60 Å². The van der Waals surface area contributed by atoms with E-state index in [1.807, 2.05) is 0 Å². The molecule has 0 saturated heterocycles. The molecule has 1 aliphatic rings. The van der Waals surface area contributed by atoms with Gasteiger partial charge < -0.3 is 4.74 Å². The molecule has 0 bridgehead atoms. The van der Waals surface area contributed by atoms with Crippen LogP contribution in [-0.2, 0) is 9.53 Å². The first-order valence-corrected chi connectivity index (χ1v) is 7.82. The van der Waals surface area contributed by atoms with Crippen molar-refractivity contribution < 1.29 is 9.53 Å². The first kappa shape index (κ1) is 16.5. The van der Waals surface area contributed by atoms with E-state index in [0.717, 1.165) is 12.3 Å². The summed E-state index contributed by atoms with van der Waals surface area (Å²) < 4.78 is 5.77. The summed E-state index contributed by atoms with van der Waals surface area (Å²) in [5, 5.41) is 0. The third-order valence-electron chi connectivity index (χ3n) is 4.46. The summed E-state index contributed by atoms with van der Waals surface area (Å²) in [7, 11) is 0. The monoisotopic (exact) mass is 268 g/mol. The Morgan fingerprint density at radius 1 is 1.05 bits per heavy atom. The highest BCUT2D eigenvalue weighted by atomic mass is 16.6. The van der Waals surface area contributed by atoms with Crippen LogP contribution in [0.5, 0.6) is 0 Å². The van der Waals surface area contributed by atoms with Gasteiger partial charge in [-0.05, 0) is 50.4 Å². The van der Waals surface area contributed by atoms with Crippen molar-refractivity contribution >= 4 is 5.97 Å². The maximum absolute atomic E-state index is 12.0.